The summed E-state index contributed by atoms with van der Waals surface area (Å²) in [4.78, 5) is 12.3. The minimum Gasteiger partial charge on any atom is -0.403 e. The zero-order valence-corrected chi connectivity index (χ0v) is 15.2. The van der Waals surface area contributed by atoms with Crippen molar-refractivity contribution in [1.29, 1.82) is 0 Å². The third-order valence-corrected chi connectivity index (χ3v) is 4.46. The van der Waals surface area contributed by atoms with Gasteiger partial charge in [-0.25, -0.2) is 0 Å². The van der Waals surface area contributed by atoms with Crippen LogP contribution in [-0.4, -0.2) is 16.1 Å². The van der Waals surface area contributed by atoms with E-state index in [-0.39, 0.29) is 18.3 Å². The molecule has 0 spiro atoms. The Bertz CT molecular complexity index is 1130. The van der Waals surface area contributed by atoms with Gasteiger partial charge in [0.15, 0.2) is 0 Å². The van der Waals surface area contributed by atoms with Crippen LogP contribution in [0, 0.1) is 13.8 Å². The second-order valence-corrected chi connectivity index (χ2v) is 6.64. The van der Waals surface area contributed by atoms with Crippen molar-refractivity contribution in [2.24, 2.45) is 0 Å². The van der Waals surface area contributed by atoms with E-state index in [0.717, 1.165) is 27.5 Å². The van der Waals surface area contributed by atoms with E-state index in [9.17, 15) is 4.79 Å². The number of anilines is 1. The largest absolute Gasteiger partial charge is 0.403 e. The number of carbonyl (C=O) groups excluding carboxylic acids is 1. The van der Waals surface area contributed by atoms with Gasteiger partial charge in [0.05, 0.1) is 6.42 Å². The molecule has 1 N–H and O–H groups in total. The molecule has 1 aromatic heterocycles. The van der Waals surface area contributed by atoms with E-state index in [0.29, 0.717) is 5.89 Å². The number of nitrogens with one attached hydrogen (secondary N) is 1. The summed E-state index contributed by atoms with van der Waals surface area (Å²) < 4.78 is 5.61. The highest BCUT2D eigenvalue weighted by Crippen LogP contribution is 2.24. The zero-order chi connectivity index (χ0) is 18.8. The number of nitrogens with zero attached hydrogens (tertiary/aromatic N) is 2. The van der Waals surface area contributed by atoms with Crippen molar-refractivity contribution in [3.63, 3.8) is 0 Å². The Morgan fingerprint density at radius 1 is 0.963 bits per heavy atom. The molecule has 0 aliphatic carbocycles. The lowest BCUT2D eigenvalue weighted by Gasteiger charge is -2.04. The van der Waals surface area contributed by atoms with Crippen LogP contribution >= 0.6 is 0 Å². The molecule has 1 heterocycles. The average Bonchev–Trinajstić information content (AvgIpc) is 3.09. The van der Waals surface area contributed by atoms with Gasteiger partial charge >= 0.3 is 6.01 Å². The van der Waals surface area contributed by atoms with Crippen molar-refractivity contribution < 1.29 is 9.21 Å². The zero-order valence-electron chi connectivity index (χ0n) is 15.2. The van der Waals surface area contributed by atoms with Crippen molar-refractivity contribution in [3.05, 3.63) is 77.4 Å². The van der Waals surface area contributed by atoms with Gasteiger partial charge in [0.1, 0.15) is 0 Å². The Morgan fingerprint density at radius 3 is 2.59 bits per heavy atom. The van der Waals surface area contributed by atoms with E-state index >= 15 is 0 Å². The van der Waals surface area contributed by atoms with Gasteiger partial charge in [-0.3, -0.25) is 10.1 Å². The monoisotopic (exact) mass is 357 g/mol. The molecule has 1 amide bonds. The lowest BCUT2D eigenvalue weighted by Crippen LogP contribution is -2.14. The summed E-state index contributed by atoms with van der Waals surface area (Å²) in [5.74, 6) is 0.203. The predicted molar refractivity (Wildman–Crippen MR) is 105 cm³/mol. The second kappa shape index (κ2) is 7.03. The van der Waals surface area contributed by atoms with Crippen LogP contribution in [0.3, 0.4) is 0 Å². The minimum atomic E-state index is -0.193. The van der Waals surface area contributed by atoms with Crippen LogP contribution < -0.4 is 5.32 Å². The first kappa shape index (κ1) is 17.0. The maximum absolute atomic E-state index is 12.3. The van der Waals surface area contributed by atoms with Crippen LogP contribution in [0.4, 0.5) is 6.01 Å². The number of rotatable bonds is 4. The Morgan fingerprint density at radius 2 is 1.78 bits per heavy atom. The average molecular weight is 357 g/mol. The molecule has 0 radical (unpaired) electrons. The third kappa shape index (κ3) is 3.72. The summed E-state index contributed by atoms with van der Waals surface area (Å²) >= 11 is 0. The molecule has 0 saturated heterocycles. The summed E-state index contributed by atoms with van der Waals surface area (Å²) in [5, 5.41) is 12.9. The normalized spacial score (nSPS) is 10.9. The van der Waals surface area contributed by atoms with E-state index in [1.54, 1.807) is 0 Å². The summed E-state index contributed by atoms with van der Waals surface area (Å²) in [6.45, 7) is 4.02. The second-order valence-electron chi connectivity index (χ2n) is 6.64. The standard InChI is InChI=1S/C22H19N3O2/c1-14-7-10-19(15(2)11-14)21-24-25-22(27-21)23-20(26)13-16-8-9-17-5-3-4-6-18(17)12-16/h3-12H,13H2,1-2H3,(H,23,25,26). The number of amides is 1. The first-order valence-electron chi connectivity index (χ1n) is 8.77. The fourth-order valence-electron chi connectivity index (χ4n) is 3.13. The highest BCUT2D eigenvalue weighted by Gasteiger charge is 2.13. The highest BCUT2D eigenvalue weighted by molar-refractivity contribution is 5.91. The van der Waals surface area contributed by atoms with Crippen molar-refractivity contribution in [1.82, 2.24) is 10.2 Å². The molecule has 0 bridgehead atoms. The van der Waals surface area contributed by atoms with E-state index in [2.05, 4.69) is 21.6 Å². The van der Waals surface area contributed by atoms with Gasteiger partial charge in [-0.2, -0.15) is 0 Å². The van der Waals surface area contributed by atoms with Crippen molar-refractivity contribution in [3.8, 4) is 11.5 Å². The first-order valence-corrected chi connectivity index (χ1v) is 8.77. The maximum atomic E-state index is 12.3. The Hall–Kier alpha value is -3.47. The molecule has 5 heteroatoms. The van der Waals surface area contributed by atoms with Crippen LogP contribution in [0.5, 0.6) is 0 Å². The molecule has 5 nitrogen and oxygen atoms in total. The number of hydrogen-bond donors (Lipinski definition) is 1. The first-order chi connectivity index (χ1) is 13.1. The summed E-state index contributed by atoms with van der Waals surface area (Å²) in [6.07, 6.45) is 0.242. The number of aryl methyl sites for hydroxylation is 2. The van der Waals surface area contributed by atoms with Crippen LogP contribution in [0.25, 0.3) is 22.2 Å². The number of carbonyl (C=O) groups is 1. The third-order valence-electron chi connectivity index (χ3n) is 4.46. The smallest absolute Gasteiger partial charge is 0.322 e. The van der Waals surface area contributed by atoms with Gasteiger partial charge in [0.25, 0.3) is 0 Å². The Balaban J connectivity index is 1.47. The fraction of sp³-hybridized carbons (Fsp3) is 0.136. The molecule has 0 aliphatic rings. The number of hydrogen-bond acceptors (Lipinski definition) is 4. The lowest BCUT2D eigenvalue weighted by atomic mass is 10.1. The number of fused-ring (bicyclic) bond motifs is 1. The summed E-state index contributed by atoms with van der Waals surface area (Å²) in [6, 6.07) is 20.1. The maximum Gasteiger partial charge on any atom is 0.322 e. The topological polar surface area (TPSA) is 68.0 Å². The SMILES string of the molecule is Cc1ccc(-c2nnc(NC(=O)Cc3ccc4ccccc4c3)o2)c(C)c1. The van der Waals surface area contributed by atoms with Gasteiger partial charge in [-0.1, -0.05) is 65.3 Å². The van der Waals surface area contributed by atoms with Gasteiger partial charge in [0, 0.05) is 5.56 Å². The van der Waals surface area contributed by atoms with Crippen LogP contribution in [0.2, 0.25) is 0 Å². The Labute approximate surface area is 157 Å². The van der Waals surface area contributed by atoms with Gasteiger partial charge in [0.2, 0.25) is 11.8 Å². The van der Waals surface area contributed by atoms with E-state index in [1.807, 2.05) is 68.4 Å². The summed E-state index contributed by atoms with van der Waals surface area (Å²) in [5.41, 5.74) is 4.01. The fourth-order valence-corrected chi connectivity index (χ4v) is 3.13. The molecule has 4 rings (SSSR count). The van der Waals surface area contributed by atoms with Crippen molar-refractivity contribution in [2.75, 3.05) is 5.32 Å². The van der Waals surface area contributed by atoms with Crippen LogP contribution in [-0.2, 0) is 11.2 Å². The molecule has 0 fully saturated rings. The van der Waals surface area contributed by atoms with E-state index in [1.165, 1.54) is 5.56 Å². The number of benzene rings is 3. The molecule has 0 saturated carbocycles. The van der Waals surface area contributed by atoms with Crippen molar-refractivity contribution in [2.45, 2.75) is 20.3 Å². The highest BCUT2D eigenvalue weighted by atomic mass is 16.4. The summed E-state index contributed by atoms with van der Waals surface area (Å²) in [7, 11) is 0. The molecule has 0 unspecified atom stereocenters. The van der Waals surface area contributed by atoms with E-state index < -0.39 is 0 Å². The molecule has 4 aromatic rings. The molecule has 27 heavy (non-hydrogen) atoms. The van der Waals surface area contributed by atoms with Crippen LogP contribution in [0.15, 0.2) is 65.1 Å². The molecule has 0 atom stereocenters. The predicted octanol–water partition coefficient (Wildman–Crippen LogP) is 4.69. The van der Waals surface area contributed by atoms with Gasteiger partial charge in [-0.15, -0.1) is 5.10 Å². The molecule has 3 aromatic carbocycles. The Kier molecular flexibility index (Phi) is 4.42. The minimum absolute atomic E-state index is 0.107. The molecular weight excluding hydrogens is 338 g/mol. The number of aromatic nitrogens is 2. The quantitative estimate of drug-likeness (QED) is 0.575. The molecule has 0 aliphatic heterocycles. The lowest BCUT2D eigenvalue weighted by molar-refractivity contribution is -0.115. The van der Waals surface area contributed by atoms with E-state index in [4.69, 9.17) is 4.42 Å². The molecular formula is C22H19N3O2. The molecule has 134 valence electrons. The van der Waals surface area contributed by atoms with Gasteiger partial charge < -0.3 is 4.42 Å². The van der Waals surface area contributed by atoms with Gasteiger partial charge in [-0.05, 0) is 41.8 Å². The van der Waals surface area contributed by atoms with Crippen molar-refractivity contribution >= 4 is 22.7 Å². The van der Waals surface area contributed by atoms with Crippen LogP contribution in [0.1, 0.15) is 16.7 Å².